The highest BCUT2D eigenvalue weighted by molar-refractivity contribution is 9.11. The van der Waals surface area contributed by atoms with E-state index in [4.69, 9.17) is 0 Å². The number of rotatable bonds is 9. The molecule has 0 spiro atoms. The average molecular weight is 344 g/mol. The quantitative estimate of drug-likeness (QED) is 0.511. The van der Waals surface area contributed by atoms with Crippen molar-refractivity contribution in [2.24, 2.45) is 0 Å². The molecule has 1 amide bonds. The highest BCUT2D eigenvalue weighted by atomic mass is 79.9. The number of hydrogen-bond acceptors (Lipinski definition) is 2. The molecule has 0 aromatic rings. The van der Waals surface area contributed by atoms with Gasteiger partial charge in [0.1, 0.15) is 0 Å². The molecule has 1 rings (SSSR count). The molecule has 0 radical (unpaired) electrons. The molecule has 20 heavy (non-hydrogen) atoms. The monoisotopic (exact) mass is 343 g/mol. The number of carbonyl (C=O) groups is 1. The molecule has 1 fully saturated rings. The first-order valence-electron chi connectivity index (χ1n) is 7.52. The number of likely N-dealkylation sites (tertiary alicyclic amines) is 1. The largest absolute Gasteiger partial charge is 0.392 e. The Labute approximate surface area is 130 Å². The van der Waals surface area contributed by atoms with Crippen LogP contribution in [0.3, 0.4) is 0 Å². The smallest absolute Gasteiger partial charge is 0.223 e. The fraction of sp³-hybridized carbons (Fsp3) is 0.688. The van der Waals surface area contributed by atoms with E-state index in [-0.39, 0.29) is 18.6 Å². The standard InChI is InChI=1S/C16H26BrNO2/c1-3-4-5-6-7-8-14(17)11-18-15(13(2)12-19)9-10-16(18)20/h8,15,19H,2-7,9-12H2,1H3/b14-8+/t15-/m0/s1. The van der Waals surface area contributed by atoms with Crippen LogP contribution in [0.5, 0.6) is 0 Å². The van der Waals surface area contributed by atoms with Crippen molar-refractivity contribution in [1.29, 1.82) is 0 Å². The lowest BCUT2D eigenvalue weighted by molar-refractivity contribution is -0.128. The first-order chi connectivity index (χ1) is 9.60. The van der Waals surface area contributed by atoms with Crippen LogP contribution in [0.15, 0.2) is 22.7 Å². The number of allylic oxidation sites excluding steroid dienone is 1. The summed E-state index contributed by atoms with van der Waals surface area (Å²) >= 11 is 3.56. The van der Waals surface area contributed by atoms with Crippen molar-refractivity contribution in [3.05, 3.63) is 22.7 Å². The van der Waals surface area contributed by atoms with E-state index in [0.29, 0.717) is 13.0 Å². The lowest BCUT2D eigenvalue weighted by atomic mass is 10.1. The number of halogens is 1. The zero-order valence-corrected chi connectivity index (χ0v) is 14.0. The second-order valence-electron chi connectivity index (χ2n) is 5.39. The number of aliphatic hydroxyl groups is 1. The summed E-state index contributed by atoms with van der Waals surface area (Å²) in [6.45, 7) is 6.62. The maximum Gasteiger partial charge on any atom is 0.223 e. The Balaban J connectivity index is 2.45. The Bertz CT molecular complexity index is 365. The van der Waals surface area contributed by atoms with Gasteiger partial charge < -0.3 is 10.0 Å². The van der Waals surface area contributed by atoms with Crippen LogP contribution in [0, 0.1) is 0 Å². The molecule has 0 aromatic heterocycles. The van der Waals surface area contributed by atoms with E-state index in [1.54, 1.807) is 0 Å². The van der Waals surface area contributed by atoms with Crippen molar-refractivity contribution in [1.82, 2.24) is 4.90 Å². The van der Waals surface area contributed by atoms with E-state index in [9.17, 15) is 9.90 Å². The van der Waals surface area contributed by atoms with Crippen LogP contribution in [0.25, 0.3) is 0 Å². The number of hydrogen-bond donors (Lipinski definition) is 1. The molecule has 1 saturated heterocycles. The number of nitrogens with zero attached hydrogens (tertiary/aromatic N) is 1. The van der Waals surface area contributed by atoms with Gasteiger partial charge in [-0.3, -0.25) is 4.79 Å². The lowest BCUT2D eigenvalue weighted by Gasteiger charge is -2.25. The van der Waals surface area contributed by atoms with Gasteiger partial charge in [-0.1, -0.05) is 54.8 Å². The topological polar surface area (TPSA) is 40.5 Å². The molecule has 0 unspecified atom stereocenters. The summed E-state index contributed by atoms with van der Waals surface area (Å²) in [6, 6.07) is -0.00598. The number of carbonyl (C=O) groups excluding carboxylic acids is 1. The molecular weight excluding hydrogens is 318 g/mol. The third-order valence-corrected chi connectivity index (χ3v) is 4.32. The fourth-order valence-corrected chi connectivity index (χ4v) is 3.02. The van der Waals surface area contributed by atoms with E-state index in [0.717, 1.165) is 22.9 Å². The zero-order chi connectivity index (χ0) is 15.0. The van der Waals surface area contributed by atoms with Crippen LogP contribution >= 0.6 is 15.9 Å². The van der Waals surface area contributed by atoms with Gasteiger partial charge in [0.2, 0.25) is 5.91 Å². The highest BCUT2D eigenvalue weighted by Crippen LogP contribution is 2.26. The molecule has 4 heteroatoms. The third-order valence-electron chi connectivity index (χ3n) is 3.75. The van der Waals surface area contributed by atoms with Crippen LogP contribution in [-0.2, 0) is 4.79 Å². The van der Waals surface area contributed by atoms with Gasteiger partial charge in [-0.2, -0.15) is 0 Å². The van der Waals surface area contributed by atoms with E-state index in [2.05, 4.69) is 35.5 Å². The first-order valence-corrected chi connectivity index (χ1v) is 8.32. The Morgan fingerprint density at radius 1 is 1.50 bits per heavy atom. The van der Waals surface area contributed by atoms with Gasteiger partial charge in [0, 0.05) is 10.9 Å². The molecule has 0 aliphatic carbocycles. The van der Waals surface area contributed by atoms with Gasteiger partial charge in [0.05, 0.1) is 19.2 Å². The zero-order valence-electron chi connectivity index (χ0n) is 12.4. The van der Waals surface area contributed by atoms with Crippen LogP contribution in [-0.4, -0.2) is 35.1 Å². The number of unbranched alkanes of at least 4 members (excludes halogenated alkanes) is 4. The third kappa shape index (κ3) is 5.41. The number of aliphatic hydroxyl groups excluding tert-OH is 1. The SMILES string of the molecule is C=C(CO)[C@@H]1CCC(=O)N1C/C(Br)=C\CCCCCC. The van der Waals surface area contributed by atoms with Crippen molar-refractivity contribution >= 4 is 21.8 Å². The molecule has 1 atom stereocenters. The van der Waals surface area contributed by atoms with Crippen molar-refractivity contribution in [3.63, 3.8) is 0 Å². The Kier molecular flexibility index (Phi) is 8.15. The van der Waals surface area contributed by atoms with Crippen molar-refractivity contribution < 1.29 is 9.90 Å². The fourth-order valence-electron chi connectivity index (χ4n) is 2.52. The molecule has 1 N–H and O–H groups in total. The molecule has 0 aromatic carbocycles. The van der Waals surface area contributed by atoms with Crippen LogP contribution in [0.1, 0.15) is 51.9 Å². The van der Waals surface area contributed by atoms with Crippen molar-refractivity contribution in [2.45, 2.75) is 57.9 Å². The van der Waals surface area contributed by atoms with E-state index < -0.39 is 0 Å². The molecule has 114 valence electrons. The first kappa shape index (κ1) is 17.4. The van der Waals surface area contributed by atoms with Crippen LogP contribution < -0.4 is 0 Å². The molecule has 3 nitrogen and oxygen atoms in total. The summed E-state index contributed by atoms with van der Waals surface area (Å²) in [5.74, 6) is 0.154. The average Bonchev–Trinajstić information content (AvgIpc) is 2.79. The summed E-state index contributed by atoms with van der Waals surface area (Å²) in [5.41, 5.74) is 0.735. The van der Waals surface area contributed by atoms with Crippen molar-refractivity contribution in [3.8, 4) is 0 Å². The predicted octanol–water partition coefficient (Wildman–Crippen LogP) is 3.78. The lowest BCUT2D eigenvalue weighted by Crippen LogP contribution is -2.35. The summed E-state index contributed by atoms with van der Waals surface area (Å²) in [7, 11) is 0. The maximum absolute atomic E-state index is 11.9. The summed E-state index contributed by atoms with van der Waals surface area (Å²) in [4.78, 5) is 13.7. The molecule has 1 aliphatic rings. The molecule has 1 heterocycles. The molecule has 0 saturated carbocycles. The van der Waals surface area contributed by atoms with Gasteiger partial charge in [-0.15, -0.1) is 0 Å². The molecule has 1 aliphatic heterocycles. The molecule has 0 bridgehead atoms. The Hall–Kier alpha value is -0.610. The minimum atomic E-state index is -0.0488. The van der Waals surface area contributed by atoms with E-state index in [1.807, 2.05) is 4.90 Å². The Morgan fingerprint density at radius 2 is 2.25 bits per heavy atom. The van der Waals surface area contributed by atoms with Crippen molar-refractivity contribution in [2.75, 3.05) is 13.2 Å². The van der Waals surface area contributed by atoms with Gasteiger partial charge >= 0.3 is 0 Å². The highest BCUT2D eigenvalue weighted by Gasteiger charge is 2.32. The second kappa shape index (κ2) is 9.35. The van der Waals surface area contributed by atoms with Gasteiger partial charge in [-0.05, 0) is 24.8 Å². The van der Waals surface area contributed by atoms with Crippen LogP contribution in [0.2, 0.25) is 0 Å². The minimum absolute atomic E-state index is 0.00598. The van der Waals surface area contributed by atoms with Gasteiger partial charge in [0.15, 0.2) is 0 Å². The minimum Gasteiger partial charge on any atom is -0.392 e. The van der Waals surface area contributed by atoms with E-state index >= 15 is 0 Å². The van der Waals surface area contributed by atoms with Crippen LogP contribution in [0.4, 0.5) is 0 Å². The summed E-state index contributed by atoms with van der Waals surface area (Å²) in [6.07, 6.45) is 9.54. The normalized spacial score (nSPS) is 19.8. The van der Waals surface area contributed by atoms with E-state index in [1.165, 1.54) is 25.7 Å². The summed E-state index contributed by atoms with van der Waals surface area (Å²) in [5, 5.41) is 9.19. The maximum atomic E-state index is 11.9. The molecular formula is C16H26BrNO2. The van der Waals surface area contributed by atoms with Gasteiger partial charge in [0.25, 0.3) is 0 Å². The Morgan fingerprint density at radius 3 is 2.90 bits per heavy atom. The predicted molar refractivity (Wildman–Crippen MR) is 86.7 cm³/mol. The second-order valence-corrected chi connectivity index (χ2v) is 6.41. The van der Waals surface area contributed by atoms with Gasteiger partial charge in [-0.25, -0.2) is 0 Å². The number of amides is 1. The summed E-state index contributed by atoms with van der Waals surface area (Å²) < 4.78 is 1.06.